The van der Waals surface area contributed by atoms with E-state index >= 15 is 0 Å². The van der Waals surface area contributed by atoms with Crippen LogP contribution in [0.4, 0.5) is 0 Å². The molecule has 1 saturated heterocycles. The summed E-state index contributed by atoms with van der Waals surface area (Å²) in [5.74, 6) is 0.745. The van der Waals surface area contributed by atoms with Crippen molar-refractivity contribution in [2.45, 2.75) is 25.9 Å². The van der Waals surface area contributed by atoms with Gasteiger partial charge in [0.2, 0.25) is 17.7 Å². The Kier molecular flexibility index (Phi) is 4.46. The van der Waals surface area contributed by atoms with Crippen molar-refractivity contribution in [2.75, 3.05) is 19.7 Å². The zero-order chi connectivity index (χ0) is 15.7. The summed E-state index contributed by atoms with van der Waals surface area (Å²) in [5, 5.41) is 7.78. The third-order valence-corrected chi connectivity index (χ3v) is 5.00. The molecule has 2 aromatic heterocycles. The Balaban J connectivity index is 1.70. The summed E-state index contributed by atoms with van der Waals surface area (Å²) in [6.45, 7) is 5.06. The second-order valence-corrected chi connectivity index (χ2v) is 6.91. The van der Waals surface area contributed by atoms with Gasteiger partial charge in [0.25, 0.3) is 0 Å². The molecular formula is C14H16ClN3O3S. The van der Waals surface area contributed by atoms with E-state index in [1.807, 2.05) is 19.1 Å². The van der Waals surface area contributed by atoms with E-state index in [0.29, 0.717) is 35.8 Å². The molecule has 1 aliphatic heterocycles. The SMILES string of the molecule is Cc1nnc([C@H]2CN(C(=O)[C@@H](C)c3ccc(Cl)s3)CCO2)o1. The van der Waals surface area contributed by atoms with E-state index in [-0.39, 0.29) is 17.9 Å². The monoisotopic (exact) mass is 341 g/mol. The maximum absolute atomic E-state index is 12.7. The summed E-state index contributed by atoms with van der Waals surface area (Å²) in [7, 11) is 0. The summed E-state index contributed by atoms with van der Waals surface area (Å²) in [4.78, 5) is 15.4. The molecule has 0 N–H and O–H groups in total. The van der Waals surface area contributed by atoms with E-state index in [4.69, 9.17) is 20.8 Å². The first-order valence-electron chi connectivity index (χ1n) is 7.00. The Morgan fingerprint density at radius 3 is 2.95 bits per heavy atom. The molecule has 0 saturated carbocycles. The minimum absolute atomic E-state index is 0.0584. The number of thiophene rings is 1. The number of rotatable bonds is 3. The van der Waals surface area contributed by atoms with Gasteiger partial charge in [0.15, 0.2) is 6.10 Å². The number of nitrogens with zero attached hydrogens (tertiary/aromatic N) is 3. The van der Waals surface area contributed by atoms with Gasteiger partial charge < -0.3 is 14.1 Å². The average Bonchev–Trinajstić information content (AvgIpc) is 3.14. The molecule has 0 aliphatic carbocycles. The largest absolute Gasteiger partial charge is 0.423 e. The molecule has 22 heavy (non-hydrogen) atoms. The van der Waals surface area contributed by atoms with E-state index in [2.05, 4.69) is 10.2 Å². The third-order valence-electron chi connectivity index (χ3n) is 3.59. The Hall–Kier alpha value is -1.44. The molecule has 6 nitrogen and oxygen atoms in total. The zero-order valence-corrected chi connectivity index (χ0v) is 13.9. The molecule has 1 fully saturated rings. The first-order valence-corrected chi connectivity index (χ1v) is 8.19. The number of hydrogen-bond acceptors (Lipinski definition) is 6. The normalized spacial score (nSPS) is 20.1. The van der Waals surface area contributed by atoms with Crippen molar-refractivity contribution in [2.24, 2.45) is 0 Å². The third kappa shape index (κ3) is 3.16. The number of aromatic nitrogens is 2. The van der Waals surface area contributed by atoms with E-state index < -0.39 is 0 Å². The summed E-state index contributed by atoms with van der Waals surface area (Å²) >= 11 is 7.38. The maximum atomic E-state index is 12.7. The van der Waals surface area contributed by atoms with E-state index in [9.17, 15) is 4.79 Å². The van der Waals surface area contributed by atoms with Crippen LogP contribution in [-0.2, 0) is 9.53 Å². The quantitative estimate of drug-likeness (QED) is 0.858. The van der Waals surface area contributed by atoms with Gasteiger partial charge in [-0.05, 0) is 19.1 Å². The highest BCUT2D eigenvalue weighted by molar-refractivity contribution is 7.16. The van der Waals surface area contributed by atoms with Crippen LogP contribution in [0.2, 0.25) is 4.34 Å². The van der Waals surface area contributed by atoms with Crippen LogP contribution in [0.3, 0.4) is 0 Å². The van der Waals surface area contributed by atoms with Crippen molar-refractivity contribution in [3.05, 3.63) is 33.1 Å². The topological polar surface area (TPSA) is 68.5 Å². The lowest BCUT2D eigenvalue weighted by atomic mass is 10.1. The average molecular weight is 342 g/mol. The number of aryl methyl sites for hydroxylation is 1. The fourth-order valence-electron chi connectivity index (χ4n) is 2.40. The van der Waals surface area contributed by atoms with Crippen molar-refractivity contribution in [1.29, 1.82) is 0 Å². The van der Waals surface area contributed by atoms with Crippen LogP contribution in [-0.4, -0.2) is 40.7 Å². The number of hydrogen-bond donors (Lipinski definition) is 0. The lowest BCUT2D eigenvalue weighted by Crippen LogP contribution is -2.44. The van der Waals surface area contributed by atoms with Gasteiger partial charge in [0.05, 0.1) is 23.4 Å². The molecule has 0 radical (unpaired) electrons. The first kappa shape index (κ1) is 15.5. The number of carbonyl (C=O) groups is 1. The smallest absolute Gasteiger partial charge is 0.246 e. The van der Waals surface area contributed by atoms with Gasteiger partial charge in [-0.25, -0.2) is 0 Å². The summed E-state index contributed by atoms with van der Waals surface area (Å²) in [5.41, 5.74) is 0. The molecule has 3 heterocycles. The number of halogens is 1. The highest BCUT2D eigenvalue weighted by Gasteiger charge is 2.31. The van der Waals surface area contributed by atoms with E-state index in [1.165, 1.54) is 11.3 Å². The lowest BCUT2D eigenvalue weighted by Gasteiger charge is -2.32. The number of morpholine rings is 1. The van der Waals surface area contributed by atoms with Crippen LogP contribution < -0.4 is 0 Å². The van der Waals surface area contributed by atoms with Gasteiger partial charge in [-0.3, -0.25) is 4.79 Å². The van der Waals surface area contributed by atoms with Crippen LogP contribution in [0.25, 0.3) is 0 Å². The van der Waals surface area contributed by atoms with Crippen molar-refractivity contribution in [3.8, 4) is 0 Å². The number of carbonyl (C=O) groups excluding carboxylic acids is 1. The van der Waals surface area contributed by atoms with Crippen molar-refractivity contribution in [3.63, 3.8) is 0 Å². The second kappa shape index (κ2) is 6.36. The fourth-order valence-corrected chi connectivity index (χ4v) is 3.50. The minimum Gasteiger partial charge on any atom is -0.423 e. The molecule has 2 atom stereocenters. The first-order chi connectivity index (χ1) is 10.5. The molecule has 118 valence electrons. The molecule has 8 heteroatoms. The molecule has 1 aliphatic rings. The Morgan fingerprint density at radius 1 is 1.50 bits per heavy atom. The Labute approximate surface area is 137 Å². The summed E-state index contributed by atoms with van der Waals surface area (Å²) in [6, 6.07) is 3.71. The molecule has 2 aromatic rings. The maximum Gasteiger partial charge on any atom is 0.246 e. The highest BCUT2D eigenvalue weighted by Crippen LogP contribution is 2.30. The molecule has 0 spiro atoms. The fraction of sp³-hybridized carbons (Fsp3) is 0.500. The van der Waals surface area contributed by atoms with Crippen LogP contribution in [0.1, 0.15) is 35.6 Å². The Bertz CT molecular complexity index is 672. The molecule has 0 unspecified atom stereocenters. The summed E-state index contributed by atoms with van der Waals surface area (Å²) < 4.78 is 11.7. The van der Waals surface area contributed by atoms with Crippen LogP contribution in [0.15, 0.2) is 16.5 Å². The Morgan fingerprint density at radius 2 is 2.32 bits per heavy atom. The molecule has 0 bridgehead atoms. The lowest BCUT2D eigenvalue weighted by molar-refractivity contribution is -0.141. The van der Waals surface area contributed by atoms with Crippen LogP contribution >= 0.6 is 22.9 Å². The van der Waals surface area contributed by atoms with Crippen molar-refractivity contribution in [1.82, 2.24) is 15.1 Å². The number of amides is 1. The number of ether oxygens (including phenoxy) is 1. The van der Waals surface area contributed by atoms with Gasteiger partial charge in [-0.1, -0.05) is 11.6 Å². The van der Waals surface area contributed by atoms with Gasteiger partial charge in [0.1, 0.15) is 0 Å². The van der Waals surface area contributed by atoms with Gasteiger partial charge in [0, 0.05) is 18.3 Å². The standard InChI is InChI=1S/C14H16ClN3O3S/c1-8(11-3-4-12(15)22-11)14(19)18-5-6-20-10(7-18)13-17-16-9(2)21-13/h3-4,8,10H,5-7H2,1-2H3/t8-,10+/m0/s1. The van der Waals surface area contributed by atoms with E-state index in [0.717, 1.165) is 4.88 Å². The van der Waals surface area contributed by atoms with Crippen LogP contribution in [0.5, 0.6) is 0 Å². The molecular weight excluding hydrogens is 326 g/mol. The van der Waals surface area contributed by atoms with E-state index in [1.54, 1.807) is 11.8 Å². The predicted molar refractivity (Wildman–Crippen MR) is 82.1 cm³/mol. The second-order valence-electron chi connectivity index (χ2n) is 5.17. The molecule has 3 rings (SSSR count). The summed E-state index contributed by atoms with van der Waals surface area (Å²) in [6.07, 6.45) is -0.363. The molecule has 1 amide bonds. The van der Waals surface area contributed by atoms with Crippen LogP contribution in [0, 0.1) is 6.92 Å². The molecule has 0 aromatic carbocycles. The van der Waals surface area contributed by atoms with Gasteiger partial charge in [-0.15, -0.1) is 21.5 Å². The van der Waals surface area contributed by atoms with Crippen molar-refractivity contribution >= 4 is 28.8 Å². The minimum atomic E-state index is -0.363. The van der Waals surface area contributed by atoms with Gasteiger partial charge >= 0.3 is 0 Å². The van der Waals surface area contributed by atoms with Crippen molar-refractivity contribution < 1.29 is 13.9 Å². The zero-order valence-electron chi connectivity index (χ0n) is 12.3. The highest BCUT2D eigenvalue weighted by atomic mass is 35.5. The van der Waals surface area contributed by atoms with Gasteiger partial charge in [-0.2, -0.15) is 0 Å². The predicted octanol–water partition coefficient (Wildman–Crippen LogP) is 2.80.